The van der Waals surface area contributed by atoms with Crippen LogP contribution in [0.2, 0.25) is 5.15 Å². The third kappa shape index (κ3) is 3.22. The Bertz CT molecular complexity index is 469. The number of pyridine rings is 1. The zero-order valence-corrected chi connectivity index (χ0v) is 13.2. The fourth-order valence-electron chi connectivity index (χ4n) is 1.08. The Morgan fingerprint density at radius 3 is 2.50 bits per heavy atom. The van der Waals surface area contributed by atoms with Crippen LogP contribution in [-0.2, 0) is 4.79 Å². The lowest BCUT2D eigenvalue weighted by Crippen LogP contribution is -2.53. The minimum Gasteiger partial charge on any atom is -0.325 e. The van der Waals surface area contributed by atoms with Crippen LogP contribution in [0.1, 0.15) is 27.7 Å². The van der Waals surface area contributed by atoms with E-state index in [-0.39, 0.29) is 11.1 Å². The van der Waals surface area contributed by atoms with Crippen LogP contribution in [0, 0.1) is 5.41 Å². The Hall–Kier alpha value is -0.650. The van der Waals surface area contributed by atoms with E-state index in [1.165, 1.54) is 0 Å². The first-order valence-electron chi connectivity index (χ1n) is 5.47. The van der Waals surface area contributed by atoms with Crippen LogP contribution >= 0.6 is 27.5 Å². The van der Waals surface area contributed by atoms with Crippen LogP contribution in [0.3, 0.4) is 0 Å². The third-order valence-electron chi connectivity index (χ3n) is 3.23. The van der Waals surface area contributed by atoms with Crippen LogP contribution in [0.5, 0.6) is 0 Å². The molecule has 0 atom stereocenters. The second kappa shape index (κ2) is 5.15. The van der Waals surface area contributed by atoms with E-state index in [2.05, 4.69) is 26.2 Å². The Morgan fingerprint density at radius 2 is 2.00 bits per heavy atom. The fraction of sp³-hybridized carbons (Fsp3) is 0.500. The summed E-state index contributed by atoms with van der Waals surface area (Å²) in [5, 5.41) is 3.00. The van der Waals surface area contributed by atoms with Gasteiger partial charge in [-0.25, -0.2) is 4.98 Å². The summed E-state index contributed by atoms with van der Waals surface area (Å²) in [6.07, 6.45) is 1.57. The zero-order chi connectivity index (χ0) is 14.1. The summed E-state index contributed by atoms with van der Waals surface area (Å²) in [5.41, 5.74) is 5.10. The minimum atomic E-state index is -0.737. The van der Waals surface area contributed by atoms with Crippen LogP contribution < -0.4 is 11.1 Å². The summed E-state index contributed by atoms with van der Waals surface area (Å²) in [6, 6.07) is 1.70. The Morgan fingerprint density at radius 1 is 1.44 bits per heavy atom. The summed E-state index contributed by atoms with van der Waals surface area (Å²) >= 11 is 9.21. The van der Waals surface area contributed by atoms with Crippen LogP contribution in [0.15, 0.2) is 16.7 Å². The number of carbonyl (C=O) groups is 1. The van der Waals surface area contributed by atoms with E-state index >= 15 is 0 Å². The van der Waals surface area contributed by atoms with E-state index in [4.69, 9.17) is 17.3 Å². The van der Waals surface area contributed by atoms with E-state index in [1.807, 2.05) is 13.8 Å². The van der Waals surface area contributed by atoms with Gasteiger partial charge in [-0.15, -0.1) is 0 Å². The van der Waals surface area contributed by atoms with Crippen molar-refractivity contribution in [1.82, 2.24) is 4.98 Å². The lowest BCUT2D eigenvalue weighted by Gasteiger charge is -2.36. The first kappa shape index (κ1) is 15.4. The van der Waals surface area contributed by atoms with Gasteiger partial charge >= 0.3 is 0 Å². The molecule has 0 radical (unpaired) electrons. The molecule has 0 unspecified atom stereocenters. The number of nitrogens with two attached hydrogens (primary N) is 1. The summed E-state index contributed by atoms with van der Waals surface area (Å²) in [7, 11) is 0. The van der Waals surface area contributed by atoms with Crippen molar-refractivity contribution in [2.24, 2.45) is 11.1 Å². The standard InChI is InChI=1S/C12H17BrClN3O/c1-11(2,12(3,4)15)10(18)17-8-5-7(13)6-16-9(8)14/h5-6H,15H2,1-4H3,(H,17,18). The van der Waals surface area contributed by atoms with Crippen molar-refractivity contribution in [3.8, 4) is 0 Å². The molecule has 0 bridgehead atoms. The lowest BCUT2D eigenvalue weighted by molar-refractivity contribution is -0.126. The number of halogens is 2. The van der Waals surface area contributed by atoms with E-state index in [9.17, 15) is 4.79 Å². The molecule has 100 valence electrons. The van der Waals surface area contributed by atoms with Crippen molar-refractivity contribution >= 4 is 39.1 Å². The molecule has 0 aliphatic heterocycles. The molecular weight excluding hydrogens is 318 g/mol. The van der Waals surface area contributed by atoms with Crippen molar-refractivity contribution in [1.29, 1.82) is 0 Å². The smallest absolute Gasteiger partial charge is 0.231 e. The van der Waals surface area contributed by atoms with Crippen LogP contribution in [0.25, 0.3) is 0 Å². The average Bonchev–Trinajstić information content (AvgIpc) is 2.21. The highest BCUT2D eigenvalue weighted by Gasteiger charge is 2.40. The molecule has 0 spiro atoms. The quantitative estimate of drug-likeness (QED) is 0.834. The molecule has 18 heavy (non-hydrogen) atoms. The van der Waals surface area contributed by atoms with Gasteiger partial charge in [-0.1, -0.05) is 11.6 Å². The fourth-order valence-corrected chi connectivity index (χ4v) is 1.56. The highest BCUT2D eigenvalue weighted by Crippen LogP contribution is 2.31. The highest BCUT2D eigenvalue weighted by atomic mass is 79.9. The second-order valence-electron chi connectivity index (χ2n) is 5.29. The maximum absolute atomic E-state index is 12.3. The molecule has 0 saturated heterocycles. The zero-order valence-electron chi connectivity index (χ0n) is 10.8. The third-order valence-corrected chi connectivity index (χ3v) is 3.97. The normalized spacial score (nSPS) is 12.4. The number of hydrogen-bond donors (Lipinski definition) is 2. The van der Waals surface area contributed by atoms with Crippen molar-refractivity contribution in [2.75, 3.05) is 5.32 Å². The minimum absolute atomic E-state index is 0.197. The molecule has 1 rings (SSSR count). The average molecular weight is 335 g/mol. The predicted octanol–water partition coefficient (Wildman–Crippen LogP) is 3.20. The summed E-state index contributed by atoms with van der Waals surface area (Å²) < 4.78 is 0.743. The number of rotatable bonds is 3. The SMILES string of the molecule is CC(C)(N)C(C)(C)C(=O)Nc1cc(Br)cnc1Cl. The molecule has 6 heteroatoms. The number of hydrogen-bond acceptors (Lipinski definition) is 3. The van der Waals surface area contributed by atoms with E-state index in [0.717, 1.165) is 4.47 Å². The van der Waals surface area contributed by atoms with Gasteiger partial charge in [-0.3, -0.25) is 4.79 Å². The van der Waals surface area contributed by atoms with Crippen molar-refractivity contribution in [3.05, 3.63) is 21.9 Å². The number of aromatic nitrogens is 1. The monoisotopic (exact) mass is 333 g/mol. The maximum Gasteiger partial charge on any atom is 0.231 e. The van der Waals surface area contributed by atoms with Crippen LogP contribution in [0.4, 0.5) is 5.69 Å². The van der Waals surface area contributed by atoms with Crippen molar-refractivity contribution in [3.63, 3.8) is 0 Å². The second-order valence-corrected chi connectivity index (χ2v) is 6.57. The summed E-state index contributed by atoms with van der Waals surface area (Å²) in [4.78, 5) is 16.2. The molecule has 3 N–H and O–H groups in total. The van der Waals surface area contributed by atoms with Gasteiger partial charge in [0.1, 0.15) is 0 Å². The molecule has 0 aliphatic rings. The highest BCUT2D eigenvalue weighted by molar-refractivity contribution is 9.10. The van der Waals surface area contributed by atoms with E-state index < -0.39 is 11.0 Å². The largest absolute Gasteiger partial charge is 0.325 e. The van der Waals surface area contributed by atoms with E-state index in [1.54, 1.807) is 26.1 Å². The van der Waals surface area contributed by atoms with Gasteiger partial charge in [-0.05, 0) is 49.7 Å². The molecule has 4 nitrogen and oxygen atoms in total. The van der Waals surface area contributed by atoms with Gasteiger partial charge in [0.05, 0.1) is 11.1 Å². The van der Waals surface area contributed by atoms with Gasteiger partial charge in [0.2, 0.25) is 5.91 Å². The van der Waals surface area contributed by atoms with Gasteiger partial charge in [0, 0.05) is 16.2 Å². The van der Waals surface area contributed by atoms with Crippen LogP contribution in [-0.4, -0.2) is 16.4 Å². The molecular formula is C12H17BrClN3O. The molecule has 1 heterocycles. The number of carbonyl (C=O) groups excluding carboxylic acids is 1. The Balaban J connectivity index is 2.98. The van der Waals surface area contributed by atoms with Crippen molar-refractivity contribution in [2.45, 2.75) is 33.2 Å². The Labute approximate surface area is 120 Å². The molecule has 0 saturated carbocycles. The first-order chi connectivity index (χ1) is 8.05. The molecule has 0 aliphatic carbocycles. The molecule has 1 aromatic heterocycles. The molecule has 1 aromatic rings. The Kier molecular flexibility index (Phi) is 4.41. The van der Waals surface area contributed by atoms with Gasteiger partial charge < -0.3 is 11.1 Å². The number of nitrogens with one attached hydrogen (secondary N) is 1. The number of amides is 1. The van der Waals surface area contributed by atoms with Crippen molar-refractivity contribution < 1.29 is 4.79 Å². The summed E-state index contributed by atoms with van der Waals surface area (Å²) in [6.45, 7) is 7.21. The molecule has 0 fully saturated rings. The number of anilines is 1. The maximum atomic E-state index is 12.3. The first-order valence-corrected chi connectivity index (χ1v) is 6.64. The molecule has 0 aromatic carbocycles. The van der Waals surface area contributed by atoms with Gasteiger partial charge in [0.15, 0.2) is 5.15 Å². The van der Waals surface area contributed by atoms with E-state index in [0.29, 0.717) is 5.69 Å². The summed E-state index contributed by atoms with van der Waals surface area (Å²) in [5.74, 6) is -0.197. The molecule has 1 amide bonds. The lowest BCUT2D eigenvalue weighted by atomic mass is 9.74. The topological polar surface area (TPSA) is 68.0 Å². The predicted molar refractivity (Wildman–Crippen MR) is 77.6 cm³/mol. The van der Waals surface area contributed by atoms with Gasteiger partial charge in [-0.2, -0.15) is 0 Å². The number of nitrogens with zero attached hydrogens (tertiary/aromatic N) is 1. The van der Waals surface area contributed by atoms with Gasteiger partial charge in [0.25, 0.3) is 0 Å².